The molecule has 1 saturated heterocycles. The zero-order chi connectivity index (χ0) is 17.4. The van der Waals surface area contributed by atoms with Crippen LogP contribution >= 0.6 is 11.6 Å². The Labute approximate surface area is 150 Å². The second-order valence-electron chi connectivity index (χ2n) is 6.41. The van der Waals surface area contributed by atoms with Gasteiger partial charge in [0.2, 0.25) is 5.89 Å². The van der Waals surface area contributed by atoms with Crippen LogP contribution in [0.3, 0.4) is 0 Å². The molecule has 0 aliphatic carbocycles. The smallest absolute Gasteiger partial charge is 0.231 e. The lowest BCUT2D eigenvalue weighted by Gasteiger charge is -2.19. The van der Waals surface area contributed by atoms with Crippen LogP contribution in [0.4, 0.5) is 5.69 Å². The molecule has 130 valence electrons. The Morgan fingerprint density at radius 1 is 1.20 bits per heavy atom. The molecule has 4 rings (SSSR count). The molecule has 1 atom stereocenters. The van der Waals surface area contributed by atoms with Gasteiger partial charge in [-0.25, -0.2) is 0 Å². The van der Waals surface area contributed by atoms with E-state index in [1.165, 1.54) is 0 Å². The van der Waals surface area contributed by atoms with Gasteiger partial charge in [0.25, 0.3) is 0 Å². The number of para-hydroxylation sites is 1. The van der Waals surface area contributed by atoms with Gasteiger partial charge in [0.1, 0.15) is 5.76 Å². The summed E-state index contributed by atoms with van der Waals surface area (Å²) in [6, 6.07) is 7.90. The van der Waals surface area contributed by atoms with E-state index in [2.05, 4.69) is 20.2 Å². The van der Waals surface area contributed by atoms with Gasteiger partial charge in [0.15, 0.2) is 5.82 Å². The molecule has 0 radical (unpaired) electrons. The van der Waals surface area contributed by atoms with Crippen molar-refractivity contribution in [3.8, 4) is 0 Å². The first kappa shape index (κ1) is 16.1. The molecule has 0 saturated carbocycles. The molecule has 1 fully saturated rings. The highest BCUT2D eigenvalue weighted by Gasteiger charge is 2.29. The van der Waals surface area contributed by atoms with Crippen LogP contribution in [-0.4, -0.2) is 28.4 Å². The van der Waals surface area contributed by atoms with E-state index in [1.807, 2.05) is 38.1 Å². The number of aryl methyl sites for hydroxylation is 2. The maximum atomic E-state index is 6.30. The molecule has 2 aromatic heterocycles. The molecule has 3 aromatic rings. The van der Waals surface area contributed by atoms with E-state index in [1.54, 1.807) is 0 Å². The molecular weight excluding hydrogens is 340 g/mol. The first-order valence-corrected chi connectivity index (χ1v) is 8.73. The van der Waals surface area contributed by atoms with Crippen molar-refractivity contribution in [2.45, 2.75) is 32.6 Å². The number of halogens is 1. The van der Waals surface area contributed by atoms with E-state index in [0.29, 0.717) is 18.1 Å². The van der Waals surface area contributed by atoms with Crippen molar-refractivity contribution in [3.05, 3.63) is 58.0 Å². The molecule has 3 heterocycles. The summed E-state index contributed by atoms with van der Waals surface area (Å²) in [5.74, 6) is 2.38. The number of benzene rings is 1. The van der Waals surface area contributed by atoms with Gasteiger partial charge in [0, 0.05) is 25.1 Å². The molecule has 7 heteroatoms. The van der Waals surface area contributed by atoms with Crippen LogP contribution in [0.2, 0.25) is 5.02 Å². The molecular formula is C18H19ClN4O2. The van der Waals surface area contributed by atoms with Crippen LogP contribution in [0.15, 0.2) is 33.3 Å². The molecule has 1 aromatic carbocycles. The Morgan fingerprint density at radius 3 is 2.80 bits per heavy atom. The predicted octanol–water partition coefficient (Wildman–Crippen LogP) is 3.91. The first-order chi connectivity index (χ1) is 12.1. The number of nitrogens with zero attached hydrogens (tertiary/aromatic N) is 4. The van der Waals surface area contributed by atoms with Gasteiger partial charge in [0.05, 0.1) is 22.3 Å². The number of aromatic nitrogens is 3. The number of hydrogen-bond acceptors (Lipinski definition) is 6. The molecule has 1 aliphatic rings. The van der Waals surface area contributed by atoms with E-state index in [-0.39, 0.29) is 5.92 Å². The minimum absolute atomic E-state index is 0.224. The molecule has 25 heavy (non-hydrogen) atoms. The van der Waals surface area contributed by atoms with Crippen molar-refractivity contribution < 1.29 is 9.05 Å². The van der Waals surface area contributed by atoms with E-state index < -0.39 is 0 Å². The standard InChI is InChI=1S/C18H19ClN4O2/c1-11-14(12(2)24-21-11)9-17-20-18(25-22-17)13-7-8-23(10-13)16-6-4-3-5-15(16)19/h3-6,13H,7-10H2,1-2H3. The zero-order valence-electron chi connectivity index (χ0n) is 14.2. The average molecular weight is 359 g/mol. The Bertz CT molecular complexity index is 869. The highest BCUT2D eigenvalue weighted by atomic mass is 35.5. The summed E-state index contributed by atoms with van der Waals surface area (Å²) < 4.78 is 10.7. The highest BCUT2D eigenvalue weighted by molar-refractivity contribution is 6.33. The van der Waals surface area contributed by atoms with E-state index in [4.69, 9.17) is 20.6 Å². The van der Waals surface area contributed by atoms with Gasteiger partial charge in [-0.2, -0.15) is 4.98 Å². The quantitative estimate of drug-likeness (QED) is 0.704. The van der Waals surface area contributed by atoms with Gasteiger partial charge >= 0.3 is 0 Å². The largest absolute Gasteiger partial charge is 0.370 e. The van der Waals surface area contributed by atoms with E-state index in [9.17, 15) is 0 Å². The minimum Gasteiger partial charge on any atom is -0.370 e. The summed E-state index contributed by atoms with van der Waals surface area (Å²) in [5.41, 5.74) is 2.95. The Balaban J connectivity index is 1.47. The summed E-state index contributed by atoms with van der Waals surface area (Å²) in [5, 5.41) is 8.87. The summed E-state index contributed by atoms with van der Waals surface area (Å²) >= 11 is 6.30. The molecule has 0 N–H and O–H groups in total. The summed E-state index contributed by atoms with van der Waals surface area (Å²) in [6.07, 6.45) is 1.55. The molecule has 0 bridgehead atoms. The lowest BCUT2D eigenvalue weighted by Crippen LogP contribution is -2.19. The van der Waals surface area contributed by atoms with Crippen LogP contribution in [0, 0.1) is 13.8 Å². The maximum absolute atomic E-state index is 6.30. The summed E-state index contributed by atoms with van der Waals surface area (Å²) in [6.45, 7) is 5.58. The van der Waals surface area contributed by atoms with E-state index >= 15 is 0 Å². The fraction of sp³-hybridized carbons (Fsp3) is 0.389. The normalized spacial score (nSPS) is 17.4. The highest BCUT2D eigenvalue weighted by Crippen LogP contribution is 2.33. The average Bonchev–Trinajstić information content (AvgIpc) is 3.32. The van der Waals surface area contributed by atoms with Gasteiger partial charge < -0.3 is 13.9 Å². The minimum atomic E-state index is 0.224. The van der Waals surface area contributed by atoms with Crippen molar-refractivity contribution in [3.63, 3.8) is 0 Å². The van der Waals surface area contributed by atoms with Gasteiger partial charge in [-0.1, -0.05) is 34.0 Å². The number of anilines is 1. The van der Waals surface area contributed by atoms with Crippen LogP contribution in [0.5, 0.6) is 0 Å². The van der Waals surface area contributed by atoms with Crippen LogP contribution in [-0.2, 0) is 6.42 Å². The van der Waals surface area contributed by atoms with Gasteiger partial charge in [-0.15, -0.1) is 0 Å². The number of hydrogen-bond donors (Lipinski definition) is 0. The molecule has 0 amide bonds. The topological polar surface area (TPSA) is 68.2 Å². The fourth-order valence-corrected chi connectivity index (χ4v) is 3.56. The molecule has 1 unspecified atom stereocenters. The molecule has 1 aliphatic heterocycles. The van der Waals surface area contributed by atoms with Crippen molar-refractivity contribution in [1.29, 1.82) is 0 Å². The summed E-state index contributed by atoms with van der Waals surface area (Å²) in [7, 11) is 0. The Morgan fingerprint density at radius 2 is 2.04 bits per heavy atom. The second-order valence-corrected chi connectivity index (χ2v) is 6.82. The summed E-state index contributed by atoms with van der Waals surface area (Å²) in [4.78, 5) is 6.86. The van der Waals surface area contributed by atoms with Gasteiger partial charge in [-0.05, 0) is 32.4 Å². The van der Waals surface area contributed by atoms with Crippen LogP contribution in [0.1, 0.15) is 41.1 Å². The lowest BCUT2D eigenvalue weighted by atomic mass is 10.1. The fourth-order valence-electron chi connectivity index (χ4n) is 3.31. The second kappa shape index (κ2) is 6.52. The van der Waals surface area contributed by atoms with Crippen molar-refractivity contribution in [2.75, 3.05) is 18.0 Å². The van der Waals surface area contributed by atoms with Gasteiger partial charge in [-0.3, -0.25) is 0 Å². The Hall–Kier alpha value is -2.34. The SMILES string of the molecule is Cc1noc(C)c1Cc1noc(C2CCN(c3ccccc3Cl)C2)n1. The lowest BCUT2D eigenvalue weighted by molar-refractivity contribution is 0.355. The van der Waals surface area contributed by atoms with E-state index in [0.717, 1.165) is 47.2 Å². The van der Waals surface area contributed by atoms with Crippen molar-refractivity contribution in [2.24, 2.45) is 0 Å². The Kier molecular flexibility index (Phi) is 4.21. The monoisotopic (exact) mass is 358 g/mol. The van der Waals surface area contributed by atoms with Crippen molar-refractivity contribution in [1.82, 2.24) is 15.3 Å². The third kappa shape index (κ3) is 3.14. The maximum Gasteiger partial charge on any atom is 0.231 e. The first-order valence-electron chi connectivity index (χ1n) is 8.35. The molecule has 0 spiro atoms. The third-order valence-electron chi connectivity index (χ3n) is 4.73. The number of rotatable bonds is 4. The molecule has 6 nitrogen and oxygen atoms in total. The van der Waals surface area contributed by atoms with Crippen LogP contribution < -0.4 is 4.90 Å². The van der Waals surface area contributed by atoms with Crippen molar-refractivity contribution >= 4 is 17.3 Å². The zero-order valence-corrected chi connectivity index (χ0v) is 15.0. The third-order valence-corrected chi connectivity index (χ3v) is 5.05. The predicted molar refractivity (Wildman–Crippen MR) is 94.1 cm³/mol. The van der Waals surface area contributed by atoms with Crippen LogP contribution in [0.25, 0.3) is 0 Å².